The monoisotopic (exact) mass is 382 g/mol. The molecule has 2 aromatic rings. The second-order valence-corrected chi connectivity index (χ2v) is 7.66. The maximum absolute atomic E-state index is 12.5. The molecule has 1 aliphatic heterocycles. The number of aromatic nitrogens is 2. The standard InChI is InChI=1S/C22H30N4O2/c1-16-7-9-18(10-8-16)20(26-11-5-3-4-6-12-26)14-23-21(27)13-19-17(2)22(28)25-15-24-19/h7-10,15,20H,3-6,11-14H2,1-2H3,(H,23,27)(H,24,25,28). The molecule has 1 aromatic heterocycles. The molecule has 0 bridgehead atoms. The first-order valence-electron chi connectivity index (χ1n) is 10.1. The van der Waals surface area contributed by atoms with Gasteiger partial charge in [0.1, 0.15) is 0 Å². The van der Waals surface area contributed by atoms with E-state index in [4.69, 9.17) is 0 Å². The van der Waals surface area contributed by atoms with Crippen LogP contribution in [0.15, 0.2) is 35.4 Å². The highest BCUT2D eigenvalue weighted by atomic mass is 16.1. The third kappa shape index (κ3) is 5.29. The Bertz CT molecular complexity index is 836. The molecule has 1 amide bonds. The number of nitrogens with one attached hydrogen (secondary N) is 2. The van der Waals surface area contributed by atoms with Crippen LogP contribution in [0.2, 0.25) is 0 Å². The number of carbonyl (C=O) groups is 1. The Morgan fingerprint density at radius 3 is 2.50 bits per heavy atom. The first kappa shape index (κ1) is 20.3. The summed E-state index contributed by atoms with van der Waals surface area (Å²) in [4.78, 5) is 33.4. The maximum Gasteiger partial charge on any atom is 0.253 e. The molecule has 1 aliphatic rings. The van der Waals surface area contributed by atoms with E-state index in [2.05, 4.69) is 51.4 Å². The number of carbonyl (C=O) groups excluding carboxylic acids is 1. The number of aryl methyl sites for hydroxylation is 1. The third-order valence-electron chi connectivity index (χ3n) is 5.55. The van der Waals surface area contributed by atoms with Crippen LogP contribution >= 0.6 is 0 Å². The van der Waals surface area contributed by atoms with Crippen molar-refractivity contribution in [3.63, 3.8) is 0 Å². The van der Waals surface area contributed by atoms with Crippen molar-refractivity contribution in [1.82, 2.24) is 20.2 Å². The van der Waals surface area contributed by atoms with E-state index in [0.717, 1.165) is 13.1 Å². The number of hydrogen-bond donors (Lipinski definition) is 2. The zero-order valence-corrected chi connectivity index (χ0v) is 16.8. The quantitative estimate of drug-likeness (QED) is 0.805. The Labute approximate surface area is 166 Å². The Morgan fingerprint density at radius 1 is 1.14 bits per heavy atom. The number of rotatable bonds is 6. The van der Waals surface area contributed by atoms with Gasteiger partial charge in [-0.15, -0.1) is 0 Å². The fourth-order valence-electron chi connectivity index (χ4n) is 3.76. The molecule has 28 heavy (non-hydrogen) atoms. The molecule has 1 aromatic carbocycles. The van der Waals surface area contributed by atoms with E-state index in [9.17, 15) is 9.59 Å². The Kier molecular flexibility index (Phi) is 6.98. The van der Waals surface area contributed by atoms with E-state index in [1.165, 1.54) is 43.1 Å². The van der Waals surface area contributed by atoms with Gasteiger partial charge in [-0.25, -0.2) is 4.98 Å². The molecule has 1 saturated heterocycles. The van der Waals surface area contributed by atoms with Crippen LogP contribution in [0, 0.1) is 13.8 Å². The minimum Gasteiger partial charge on any atom is -0.354 e. The van der Waals surface area contributed by atoms with Crippen molar-refractivity contribution in [2.24, 2.45) is 0 Å². The summed E-state index contributed by atoms with van der Waals surface area (Å²) >= 11 is 0. The van der Waals surface area contributed by atoms with Crippen molar-refractivity contribution in [3.8, 4) is 0 Å². The first-order valence-corrected chi connectivity index (χ1v) is 10.1. The molecule has 0 saturated carbocycles. The number of benzene rings is 1. The van der Waals surface area contributed by atoms with Gasteiger partial charge in [-0.1, -0.05) is 42.7 Å². The number of hydrogen-bond acceptors (Lipinski definition) is 4. The maximum atomic E-state index is 12.5. The zero-order valence-electron chi connectivity index (χ0n) is 16.8. The summed E-state index contributed by atoms with van der Waals surface area (Å²) in [6.07, 6.45) is 6.42. The lowest BCUT2D eigenvalue weighted by Crippen LogP contribution is -2.39. The van der Waals surface area contributed by atoms with E-state index >= 15 is 0 Å². The predicted molar refractivity (Wildman–Crippen MR) is 110 cm³/mol. The number of H-pyrrole nitrogens is 1. The van der Waals surface area contributed by atoms with Crippen LogP contribution in [0.4, 0.5) is 0 Å². The molecule has 0 radical (unpaired) electrons. The number of likely N-dealkylation sites (tertiary alicyclic amines) is 1. The van der Waals surface area contributed by atoms with E-state index in [1.807, 2.05) is 0 Å². The Hall–Kier alpha value is -2.47. The highest BCUT2D eigenvalue weighted by molar-refractivity contribution is 5.78. The van der Waals surface area contributed by atoms with Crippen LogP contribution in [0.1, 0.15) is 54.1 Å². The molecule has 6 heteroatoms. The van der Waals surface area contributed by atoms with E-state index in [0.29, 0.717) is 17.8 Å². The largest absolute Gasteiger partial charge is 0.354 e. The Balaban J connectivity index is 1.69. The van der Waals surface area contributed by atoms with Gasteiger partial charge in [0.15, 0.2) is 0 Å². The summed E-state index contributed by atoms with van der Waals surface area (Å²) < 4.78 is 0. The van der Waals surface area contributed by atoms with Crippen molar-refractivity contribution < 1.29 is 4.79 Å². The average Bonchev–Trinajstić information content (AvgIpc) is 2.96. The minimum atomic E-state index is -0.195. The predicted octanol–water partition coefficient (Wildman–Crippen LogP) is 2.66. The van der Waals surface area contributed by atoms with Crippen molar-refractivity contribution in [2.75, 3.05) is 19.6 Å². The molecule has 150 valence electrons. The van der Waals surface area contributed by atoms with Gasteiger partial charge < -0.3 is 10.3 Å². The fraction of sp³-hybridized carbons (Fsp3) is 0.500. The summed E-state index contributed by atoms with van der Waals surface area (Å²) in [7, 11) is 0. The normalized spacial score (nSPS) is 16.4. The number of nitrogens with zero attached hydrogens (tertiary/aromatic N) is 2. The van der Waals surface area contributed by atoms with Crippen molar-refractivity contribution >= 4 is 5.91 Å². The van der Waals surface area contributed by atoms with Crippen LogP contribution in [0.3, 0.4) is 0 Å². The highest BCUT2D eigenvalue weighted by Gasteiger charge is 2.22. The van der Waals surface area contributed by atoms with Crippen LogP contribution in [-0.2, 0) is 11.2 Å². The number of aromatic amines is 1. The lowest BCUT2D eigenvalue weighted by molar-refractivity contribution is -0.120. The molecule has 3 rings (SSSR count). The molecule has 1 unspecified atom stereocenters. The lowest BCUT2D eigenvalue weighted by Gasteiger charge is -2.31. The summed E-state index contributed by atoms with van der Waals surface area (Å²) in [6, 6.07) is 8.76. The summed E-state index contributed by atoms with van der Waals surface area (Å²) in [5.74, 6) is -0.104. The SMILES string of the molecule is Cc1ccc(C(CNC(=O)Cc2nc[nH]c(=O)c2C)N2CCCCCC2)cc1. The van der Waals surface area contributed by atoms with Crippen molar-refractivity contribution in [3.05, 3.63) is 63.3 Å². The first-order chi connectivity index (χ1) is 13.5. The van der Waals surface area contributed by atoms with Gasteiger partial charge in [0.25, 0.3) is 5.56 Å². The molecule has 2 heterocycles. The van der Waals surface area contributed by atoms with Crippen LogP contribution < -0.4 is 10.9 Å². The summed E-state index contributed by atoms with van der Waals surface area (Å²) in [5.41, 5.74) is 3.31. The molecule has 0 aliphatic carbocycles. The van der Waals surface area contributed by atoms with Gasteiger partial charge in [-0.05, 0) is 45.3 Å². The van der Waals surface area contributed by atoms with Gasteiger partial charge in [-0.2, -0.15) is 0 Å². The van der Waals surface area contributed by atoms with Gasteiger partial charge in [0.2, 0.25) is 5.91 Å². The minimum absolute atomic E-state index is 0.104. The lowest BCUT2D eigenvalue weighted by atomic mass is 10.0. The highest BCUT2D eigenvalue weighted by Crippen LogP contribution is 2.24. The molecule has 6 nitrogen and oxygen atoms in total. The van der Waals surface area contributed by atoms with Gasteiger partial charge in [0.05, 0.1) is 24.5 Å². The topological polar surface area (TPSA) is 78.1 Å². The molecule has 0 spiro atoms. The molecule has 1 atom stereocenters. The van der Waals surface area contributed by atoms with Crippen LogP contribution in [0.5, 0.6) is 0 Å². The summed E-state index contributed by atoms with van der Waals surface area (Å²) in [5, 5.41) is 3.08. The fourth-order valence-corrected chi connectivity index (χ4v) is 3.76. The molecule has 2 N–H and O–H groups in total. The van der Waals surface area contributed by atoms with E-state index in [1.54, 1.807) is 6.92 Å². The average molecular weight is 383 g/mol. The second-order valence-electron chi connectivity index (χ2n) is 7.66. The van der Waals surface area contributed by atoms with Crippen LogP contribution in [-0.4, -0.2) is 40.4 Å². The number of amides is 1. The Morgan fingerprint density at radius 2 is 1.82 bits per heavy atom. The molecular formula is C22H30N4O2. The molecular weight excluding hydrogens is 352 g/mol. The van der Waals surface area contributed by atoms with Crippen molar-refractivity contribution in [2.45, 2.75) is 52.0 Å². The second kappa shape index (κ2) is 9.64. The summed E-state index contributed by atoms with van der Waals surface area (Å²) in [6.45, 7) is 6.46. The van der Waals surface area contributed by atoms with Gasteiger partial charge in [0, 0.05) is 12.1 Å². The molecule has 1 fully saturated rings. The third-order valence-corrected chi connectivity index (χ3v) is 5.55. The van der Waals surface area contributed by atoms with Gasteiger partial charge >= 0.3 is 0 Å². The van der Waals surface area contributed by atoms with E-state index in [-0.39, 0.29) is 23.9 Å². The van der Waals surface area contributed by atoms with Crippen LogP contribution in [0.25, 0.3) is 0 Å². The van der Waals surface area contributed by atoms with Crippen molar-refractivity contribution in [1.29, 1.82) is 0 Å². The van der Waals surface area contributed by atoms with Gasteiger partial charge in [-0.3, -0.25) is 14.5 Å². The van der Waals surface area contributed by atoms with E-state index < -0.39 is 0 Å². The smallest absolute Gasteiger partial charge is 0.253 e. The zero-order chi connectivity index (χ0) is 19.9.